The predicted octanol–water partition coefficient (Wildman–Crippen LogP) is 4.13. The van der Waals surface area contributed by atoms with Crippen molar-refractivity contribution in [3.63, 3.8) is 0 Å². The fourth-order valence-electron chi connectivity index (χ4n) is 5.84. The Labute approximate surface area is 231 Å². The van der Waals surface area contributed by atoms with Crippen molar-refractivity contribution in [1.82, 2.24) is 29.5 Å². The lowest BCUT2D eigenvalue weighted by molar-refractivity contribution is 0.0815. The number of nitrogen functional groups attached to an aromatic ring is 1. The van der Waals surface area contributed by atoms with E-state index >= 15 is 0 Å². The van der Waals surface area contributed by atoms with Crippen LogP contribution in [-0.2, 0) is 0 Å². The Balaban J connectivity index is 1.27. The molecule has 3 aromatic heterocycles. The molecule has 1 aromatic carbocycles. The van der Waals surface area contributed by atoms with Crippen LogP contribution < -0.4 is 15.8 Å². The third-order valence-electron chi connectivity index (χ3n) is 8.05. The van der Waals surface area contributed by atoms with Gasteiger partial charge in [0.1, 0.15) is 23.6 Å². The Morgan fingerprint density at radius 3 is 2.56 bits per heavy atom. The Morgan fingerprint density at radius 2 is 1.85 bits per heavy atom. The minimum atomic E-state index is -0.171. The molecule has 11 heteroatoms. The van der Waals surface area contributed by atoms with Crippen molar-refractivity contribution in [2.75, 3.05) is 51.4 Å². The third-order valence-corrected chi connectivity index (χ3v) is 8.92. The summed E-state index contributed by atoms with van der Waals surface area (Å²) in [5.41, 5.74) is 9.29. The zero-order valence-corrected chi connectivity index (χ0v) is 23.2. The van der Waals surface area contributed by atoms with Gasteiger partial charge in [-0.25, -0.2) is 14.6 Å². The van der Waals surface area contributed by atoms with Crippen LogP contribution >= 0.6 is 11.3 Å². The molecule has 6 rings (SSSR count). The van der Waals surface area contributed by atoms with Crippen LogP contribution in [0.25, 0.3) is 22.3 Å². The number of hydrogen-bond acceptors (Lipinski definition) is 9. The van der Waals surface area contributed by atoms with Crippen LogP contribution in [0.3, 0.4) is 0 Å². The highest BCUT2D eigenvalue weighted by Crippen LogP contribution is 2.39. The Kier molecular flexibility index (Phi) is 7.20. The number of fused-ring (bicyclic) bond motifs is 1. The summed E-state index contributed by atoms with van der Waals surface area (Å²) in [6.45, 7) is 4.58. The number of piperazine rings is 1. The zero-order chi connectivity index (χ0) is 26.9. The van der Waals surface area contributed by atoms with E-state index in [1.807, 2.05) is 29.6 Å². The molecule has 4 aromatic rings. The normalized spacial score (nSPS) is 20.8. The molecule has 2 fully saturated rings. The number of carbonyl (C=O) groups excluding carboxylic acids is 1. The van der Waals surface area contributed by atoms with E-state index in [-0.39, 0.29) is 11.9 Å². The first-order valence-corrected chi connectivity index (χ1v) is 14.3. The molecule has 10 nitrogen and oxygen atoms in total. The lowest BCUT2D eigenvalue weighted by Gasteiger charge is -2.41. The molecule has 2 aliphatic rings. The predicted molar refractivity (Wildman–Crippen MR) is 154 cm³/mol. The minimum absolute atomic E-state index is 0.171. The molecule has 1 amide bonds. The van der Waals surface area contributed by atoms with Gasteiger partial charge in [-0.1, -0.05) is 12.1 Å². The Bertz CT molecular complexity index is 1450. The average Bonchev–Trinajstić information content (AvgIpc) is 3.64. The van der Waals surface area contributed by atoms with Crippen LogP contribution in [0.1, 0.15) is 41.4 Å². The molecule has 4 heterocycles. The number of ether oxygens (including phenoxy) is 1. The SMILES string of the molecule is COc1cc(-c2nn([C@H]3CC[C@@H](N4CCN(C)CC4)CC3)c3ncnc(N)c23)ccc1NC(=O)c1cccs1. The molecule has 0 bridgehead atoms. The van der Waals surface area contributed by atoms with Gasteiger partial charge in [0.05, 0.1) is 29.1 Å². The topological polar surface area (TPSA) is 114 Å². The van der Waals surface area contributed by atoms with Gasteiger partial charge in [-0.05, 0) is 56.3 Å². The summed E-state index contributed by atoms with van der Waals surface area (Å²) in [4.78, 5) is 27.2. The molecule has 0 unspecified atom stereocenters. The van der Waals surface area contributed by atoms with Gasteiger partial charge in [0, 0.05) is 37.8 Å². The number of anilines is 2. The molecule has 3 N–H and O–H groups in total. The maximum absolute atomic E-state index is 12.6. The van der Waals surface area contributed by atoms with Crippen LogP contribution in [0.5, 0.6) is 5.75 Å². The van der Waals surface area contributed by atoms with E-state index in [1.54, 1.807) is 13.2 Å². The van der Waals surface area contributed by atoms with Gasteiger partial charge in [-0.3, -0.25) is 9.69 Å². The number of methoxy groups -OCH3 is 1. The second kappa shape index (κ2) is 10.9. The quantitative estimate of drug-likeness (QED) is 0.371. The summed E-state index contributed by atoms with van der Waals surface area (Å²) in [5, 5.41) is 10.6. The number of hydrogen-bond donors (Lipinski definition) is 2. The number of nitrogens with zero attached hydrogens (tertiary/aromatic N) is 6. The highest BCUT2D eigenvalue weighted by molar-refractivity contribution is 7.12. The van der Waals surface area contributed by atoms with E-state index in [0.717, 1.165) is 74.2 Å². The fourth-order valence-corrected chi connectivity index (χ4v) is 6.46. The number of aromatic nitrogens is 4. The molecule has 204 valence electrons. The van der Waals surface area contributed by atoms with E-state index in [1.165, 1.54) is 17.7 Å². The molecule has 1 aliphatic heterocycles. The first kappa shape index (κ1) is 25.7. The van der Waals surface area contributed by atoms with Crippen LogP contribution in [0.4, 0.5) is 11.5 Å². The molecular weight excluding hydrogens is 512 g/mol. The molecule has 39 heavy (non-hydrogen) atoms. The number of rotatable bonds is 6. The highest BCUT2D eigenvalue weighted by atomic mass is 32.1. The molecule has 1 aliphatic carbocycles. The summed E-state index contributed by atoms with van der Waals surface area (Å²) in [5.74, 6) is 0.778. The zero-order valence-electron chi connectivity index (χ0n) is 22.3. The minimum Gasteiger partial charge on any atom is -0.495 e. The summed E-state index contributed by atoms with van der Waals surface area (Å²) >= 11 is 1.39. The highest BCUT2D eigenvalue weighted by Gasteiger charge is 2.31. The van der Waals surface area contributed by atoms with Crippen LogP contribution in [-0.4, -0.2) is 81.8 Å². The van der Waals surface area contributed by atoms with Gasteiger partial charge in [0.15, 0.2) is 5.65 Å². The lowest BCUT2D eigenvalue weighted by atomic mass is 9.90. The fraction of sp³-hybridized carbons (Fsp3) is 0.429. The monoisotopic (exact) mass is 546 g/mol. The molecular formula is C28H34N8O2S. The summed E-state index contributed by atoms with van der Waals surface area (Å²) in [6.07, 6.45) is 5.91. The van der Waals surface area contributed by atoms with Crippen molar-refractivity contribution in [2.24, 2.45) is 0 Å². The van der Waals surface area contributed by atoms with Crippen molar-refractivity contribution < 1.29 is 9.53 Å². The van der Waals surface area contributed by atoms with Crippen molar-refractivity contribution in [2.45, 2.75) is 37.8 Å². The Hall–Kier alpha value is -3.54. The van der Waals surface area contributed by atoms with Crippen LogP contribution in [0.15, 0.2) is 42.0 Å². The number of likely N-dealkylation sites (N-methyl/N-ethyl adjacent to an activating group) is 1. The number of benzene rings is 1. The molecule has 0 spiro atoms. The number of nitrogens with two attached hydrogens (primary N) is 1. The lowest BCUT2D eigenvalue weighted by Crippen LogP contribution is -2.49. The number of thiophene rings is 1. The number of carbonyl (C=O) groups is 1. The van der Waals surface area contributed by atoms with Crippen molar-refractivity contribution in [3.8, 4) is 17.0 Å². The van der Waals surface area contributed by atoms with E-state index in [9.17, 15) is 4.79 Å². The van der Waals surface area contributed by atoms with Gasteiger partial charge in [-0.15, -0.1) is 11.3 Å². The van der Waals surface area contributed by atoms with Gasteiger partial charge in [0.25, 0.3) is 5.91 Å². The van der Waals surface area contributed by atoms with Crippen molar-refractivity contribution >= 4 is 39.8 Å². The van der Waals surface area contributed by atoms with Crippen LogP contribution in [0.2, 0.25) is 0 Å². The second-order valence-electron chi connectivity index (χ2n) is 10.4. The Morgan fingerprint density at radius 1 is 1.08 bits per heavy atom. The van der Waals surface area contributed by atoms with Gasteiger partial charge in [0.2, 0.25) is 0 Å². The van der Waals surface area contributed by atoms with Gasteiger partial charge >= 0.3 is 0 Å². The largest absolute Gasteiger partial charge is 0.495 e. The summed E-state index contributed by atoms with van der Waals surface area (Å²) in [6, 6.07) is 10.2. The average molecular weight is 547 g/mol. The molecule has 1 saturated heterocycles. The molecule has 0 atom stereocenters. The van der Waals surface area contributed by atoms with E-state index < -0.39 is 0 Å². The number of amides is 1. The van der Waals surface area contributed by atoms with Crippen LogP contribution in [0, 0.1) is 0 Å². The van der Waals surface area contributed by atoms with E-state index in [2.05, 4.69) is 36.8 Å². The van der Waals surface area contributed by atoms with Crippen molar-refractivity contribution in [3.05, 3.63) is 46.9 Å². The maximum atomic E-state index is 12.6. The van der Waals surface area contributed by atoms with Crippen molar-refractivity contribution in [1.29, 1.82) is 0 Å². The first-order chi connectivity index (χ1) is 19.0. The summed E-state index contributed by atoms with van der Waals surface area (Å²) in [7, 11) is 3.79. The van der Waals surface area contributed by atoms with Gasteiger partial charge < -0.3 is 20.7 Å². The standard InChI is InChI=1S/C28H34N8O2S/c1-34-11-13-35(14-12-34)19-6-8-20(9-7-19)36-27-24(26(29)30-17-31-27)25(33-36)18-5-10-21(22(16-18)38-2)32-28(37)23-4-3-15-39-23/h3-5,10,15-17,19-20H,6-9,11-14H2,1-2H3,(H,32,37)(H2,29,30,31)/t19-,20+. The third kappa shape index (κ3) is 5.09. The smallest absolute Gasteiger partial charge is 0.265 e. The molecule has 0 radical (unpaired) electrons. The van der Waals surface area contributed by atoms with E-state index in [0.29, 0.717) is 28.2 Å². The molecule has 1 saturated carbocycles. The summed E-state index contributed by atoms with van der Waals surface area (Å²) < 4.78 is 7.71. The maximum Gasteiger partial charge on any atom is 0.265 e. The van der Waals surface area contributed by atoms with E-state index in [4.69, 9.17) is 15.6 Å². The van der Waals surface area contributed by atoms with Gasteiger partial charge in [-0.2, -0.15) is 5.10 Å². The number of nitrogens with one attached hydrogen (secondary N) is 1. The second-order valence-corrected chi connectivity index (χ2v) is 11.3. The first-order valence-electron chi connectivity index (χ1n) is 13.5.